The van der Waals surface area contributed by atoms with E-state index in [0.717, 1.165) is 12.0 Å². The van der Waals surface area contributed by atoms with E-state index in [0.29, 0.717) is 6.42 Å². The molecule has 0 unspecified atom stereocenters. The zero-order chi connectivity index (χ0) is 10.6. The van der Waals surface area contributed by atoms with Crippen molar-refractivity contribution >= 4 is 0 Å². The van der Waals surface area contributed by atoms with E-state index in [1.54, 1.807) is 13.8 Å². The fourth-order valence-corrected chi connectivity index (χ4v) is 1.13. The first-order valence-electron chi connectivity index (χ1n) is 4.62. The first kappa shape index (κ1) is 14.7. The van der Waals surface area contributed by atoms with E-state index in [1.165, 1.54) is 0 Å². The molecule has 0 saturated carbocycles. The van der Waals surface area contributed by atoms with Crippen molar-refractivity contribution in [3.8, 4) is 0 Å². The van der Waals surface area contributed by atoms with Crippen LogP contribution in [0, 0.1) is 16.2 Å². The number of hydrogen-bond acceptors (Lipinski definition) is 2. The molecule has 15 heavy (non-hydrogen) atoms. The molecule has 0 amide bonds. The molecule has 0 radical (unpaired) electrons. The Bertz CT molecular complexity index is 312. The average Bonchev–Trinajstić information content (AvgIpc) is 2.16. The predicted octanol–water partition coefficient (Wildman–Crippen LogP) is 2.47. The van der Waals surface area contributed by atoms with Crippen LogP contribution in [0.4, 0.5) is 0 Å². The minimum atomic E-state index is -0.834. The van der Waals surface area contributed by atoms with Gasteiger partial charge < -0.3 is 0 Å². The minimum absolute atomic E-state index is 0. The van der Waals surface area contributed by atoms with Gasteiger partial charge in [0, 0.05) is 25.2 Å². The molecule has 0 aliphatic carbocycles. The summed E-state index contributed by atoms with van der Waals surface area (Å²) in [6.07, 6.45) is 1.30. The van der Waals surface area contributed by atoms with Gasteiger partial charge in [0.1, 0.15) is 0 Å². The summed E-state index contributed by atoms with van der Waals surface area (Å²) in [5, 5.41) is 10.6. The molecule has 0 heterocycles. The molecule has 0 fully saturated rings. The third-order valence-corrected chi connectivity index (χ3v) is 2.31. The normalized spacial score (nSPS) is 10.5. The maximum atomic E-state index is 10.6. The molecule has 1 rings (SSSR count). The first-order chi connectivity index (χ1) is 6.52. The topological polar surface area (TPSA) is 43.1 Å². The SMILES string of the molecule is CC(C)(CCc1cc[c-]cc1)[N+](=O)[O-].[Y+3]. The van der Waals surface area contributed by atoms with E-state index in [4.69, 9.17) is 0 Å². The minimum Gasteiger partial charge on any atom is -0.264 e. The number of hydrogen-bond donors (Lipinski definition) is 0. The van der Waals surface area contributed by atoms with Gasteiger partial charge >= 0.3 is 32.7 Å². The van der Waals surface area contributed by atoms with Crippen molar-refractivity contribution in [2.75, 3.05) is 0 Å². The number of benzene rings is 1. The smallest absolute Gasteiger partial charge is 0.264 e. The van der Waals surface area contributed by atoms with Crippen molar-refractivity contribution in [1.82, 2.24) is 0 Å². The zero-order valence-electron chi connectivity index (χ0n) is 9.06. The summed E-state index contributed by atoms with van der Waals surface area (Å²) in [5.41, 5.74) is 0.290. The molecular formula is C11H14NO2Y+2. The Labute approximate surface area is 115 Å². The maximum Gasteiger partial charge on any atom is 3.00 e. The second-order valence-electron chi connectivity index (χ2n) is 3.98. The summed E-state index contributed by atoms with van der Waals surface area (Å²) < 4.78 is 0. The molecule has 0 bridgehead atoms. The molecule has 76 valence electrons. The molecule has 1 aromatic carbocycles. The van der Waals surface area contributed by atoms with Gasteiger partial charge in [-0.2, -0.15) is 35.9 Å². The summed E-state index contributed by atoms with van der Waals surface area (Å²) in [4.78, 5) is 10.4. The Morgan fingerprint density at radius 3 is 2.40 bits per heavy atom. The molecule has 1 aromatic rings. The first-order valence-corrected chi connectivity index (χ1v) is 4.62. The van der Waals surface area contributed by atoms with Crippen LogP contribution in [-0.2, 0) is 39.1 Å². The number of aryl methyl sites for hydroxylation is 1. The maximum absolute atomic E-state index is 10.6. The van der Waals surface area contributed by atoms with Crippen molar-refractivity contribution in [3.05, 3.63) is 46.0 Å². The van der Waals surface area contributed by atoms with Crippen LogP contribution in [0.25, 0.3) is 0 Å². The summed E-state index contributed by atoms with van der Waals surface area (Å²) in [7, 11) is 0. The molecule has 3 nitrogen and oxygen atoms in total. The van der Waals surface area contributed by atoms with E-state index in [-0.39, 0.29) is 37.6 Å². The standard InChI is InChI=1S/C11H14NO2.Y/c1-11(2,12(13)14)9-8-10-6-4-3-5-7-10;/h4-7H,8-9H2,1-2H3;/q-1;+3. The zero-order valence-corrected chi connectivity index (χ0v) is 11.9. The Morgan fingerprint density at radius 1 is 1.40 bits per heavy atom. The van der Waals surface area contributed by atoms with Crippen LogP contribution in [0.2, 0.25) is 0 Å². The molecule has 4 heteroatoms. The van der Waals surface area contributed by atoms with E-state index >= 15 is 0 Å². The third kappa shape index (κ3) is 4.85. The van der Waals surface area contributed by atoms with E-state index in [2.05, 4.69) is 6.07 Å². The van der Waals surface area contributed by atoms with Crippen molar-refractivity contribution in [1.29, 1.82) is 0 Å². The van der Waals surface area contributed by atoms with E-state index < -0.39 is 5.54 Å². The average molecular weight is 281 g/mol. The quantitative estimate of drug-likeness (QED) is 0.483. The van der Waals surface area contributed by atoms with Crippen LogP contribution < -0.4 is 0 Å². The second-order valence-corrected chi connectivity index (χ2v) is 3.98. The molecule has 0 aliphatic rings. The van der Waals surface area contributed by atoms with Crippen molar-refractivity contribution in [2.24, 2.45) is 0 Å². The monoisotopic (exact) mass is 281 g/mol. The van der Waals surface area contributed by atoms with Gasteiger partial charge in [0.25, 0.3) is 0 Å². The van der Waals surface area contributed by atoms with Gasteiger partial charge in [0.2, 0.25) is 5.54 Å². The van der Waals surface area contributed by atoms with E-state index in [1.807, 2.05) is 24.3 Å². The van der Waals surface area contributed by atoms with Crippen molar-refractivity contribution in [3.63, 3.8) is 0 Å². The molecule has 0 aromatic heterocycles. The Kier molecular flexibility index (Phi) is 6.22. The van der Waals surface area contributed by atoms with Gasteiger partial charge in [0.15, 0.2) is 0 Å². The van der Waals surface area contributed by atoms with Crippen LogP contribution in [0.1, 0.15) is 25.8 Å². The Morgan fingerprint density at radius 2 is 1.93 bits per heavy atom. The van der Waals surface area contributed by atoms with Crippen LogP contribution in [-0.4, -0.2) is 10.5 Å². The van der Waals surface area contributed by atoms with Gasteiger partial charge in [-0.3, -0.25) is 10.1 Å². The van der Waals surface area contributed by atoms with Crippen LogP contribution in [0.15, 0.2) is 24.3 Å². The molecule has 0 N–H and O–H groups in total. The molecule has 0 spiro atoms. The van der Waals surface area contributed by atoms with Crippen LogP contribution >= 0.6 is 0 Å². The van der Waals surface area contributed by atoms with Crippen molar-refractivity contribution in [2.45, 2.75) is 32.2 Å². The Balaban J connectivity index is 0.00000196. The summed E-state index contributed by atoms with van der Waals surface area (Å²) in [5.74, 6) is 0. The molecular weight excluding hydrogens is 267 g/mol. The van der Waals surface area contributed by atoms with Crippen molar-refractivity contribution < 1.29 is 37.6 Å². The summed E-state index contributed by atoms with van der Waals surface area (Å²) in [6, 6.07) is 10.5. The Hall–Kier alpha value is -0.276. The second kappa shape index (κ2) is 6.34. The summed E-state index contributed by atoms with van der Waals surface area (Å²) in [6.45, 7) is 3.31. The van der Waals surface area contributed by atoms with Gasteiger partial charge in [-0.25, -0.2) is 0 Å². The number of nitrogens with zero attached hydrogens (tertiary/aromatic N) is 1. The van der Waals surface area contributed by atoms with Gasteiger partial charge in [-0.1, -0.05) is 0 Å². The molecule has 0 atom stereocenters. The fraction of sp³-hybridized carbons (Fsp3) is 0.455. The largest absolute Gasteiger partial charge is 3.00 e. The predicted molar refractivity (Wildman–Crippen MR) is 54.7 cm³/mol. The van der Waals surface area contributed by atoms with Gasteiger partial charge in [-0.05, 0) is 6.42 Å². The number of rotatable bonds is 4. The molecule has 0 saturated heterocycles. The summed E-state index contributed by atoms with van der Waals surface area (Å²) >= 11 is 0. The van der Waals surface area contributed by atoms with Crippen LogP contribution in [0.3, 0.4) is 0 Å². The van der Waals surface area contributed by atoms with Crippen LogP contribution in [0.5, 0.6) is 0 Å². The fourth-order valence-electron chi connectivity index (χ4n) is 1.13. The van der Waals surface area contributed by atoms with Gasteiger partial charge in [-0.15, -0.1) is 0 Å². The van der Waals surface area contributed by atoms with Gasteiger partial charge in [0.05, 0.1) is 0 Å². The molecule has 0 aliphatic heterocycles. The van der Waals surface area contributed by atoms with E-state index in [9.17, 15) is 10.1 Å². The number of nitro groups is 1. The third-order valence-electron chi connectivity index (χ3n) is 2.31.